The number of carbonyl (C=O) groups excluding carboxylic acids is 2. The Morgan fingerprint density at radius 3 is 2.66 bits per heavy atom. The van der Waals surface area contributed by atoms with E-state index in [1.807, 2.05) is 0 Å². The highest BCUT2D eigenvalue weighted by molar-refractivity contribution is 5.94. The van der Waals surface area contributed by atoms with Gasteiger partial charge in [-0.05, 0) is 30.9 Å². The fourth-order valence-corrected chi connectivity index (χ4v) is 4.22. The Morgan fingerprint density at radius 1 is 1.20 bits per heavy atom. The number of nitrogens with zero attached hydrogens (tertiary/aromatic N) is 4. The summed E-state index contributed by atoms with van der Waals surface area (Å²) in [7, 11) is 0. The number of likely N-dealkylation sites (tertiary alicyclic amines) is 1. The van der Waals surface area contributed by atoms with E-state index < -0.39 is 18.0 Å². The van der Waals surface area contributed by atoms with Crippen molar-refractivity contribution >= 4 is 11.9 Å². The van der Waals surface area contributed by atoms with Crippen molar-refractivity contribution in [1.82, 2.24) is 25.3 Å². The predicted octanol–water partition coefficient (Wildman–Crippen LogP) is 2.01. The standard InChI is InChI=1S/C22H26F3N5O5/c23-22(24,25)20-27-18(28-35-20)15-1-3-16(4-2-15)19(32)26-11-17-13-34-10-8-30(17)21(33)29-7-5-14(12-29)6-9-31/h1-4,14,17,31H,5-13H2,(H,26,32)/t14?,17-/m0/s1. The van der Waals surface area contributed by atoms with Gasteiger partial charge in [0.15, 0.2) is 0 Å². The molecule has 2 atom stereocenters. The summed E-state index contributed by atoms with van der Waals surface area (Å²) in [6.45, 7) is 2.64. The van der Waals surface area contributed by atoms with Crippen molar-refractivity contribution < 1.29 is 37.1 Å². The summed E-state index contributed by atoms with van der Waals surface area (Å²) in [6, 6.07) is 5.30. The van der Waals surface area contributed by atoms with Crippen molar-refractivity contribution in [2.75, 3.05) is 46.0 Å². The number of aromatic nitrogens is 2. The monoisotopic (exact) mass is 497 g/mol. The molecular formula is C22H26F3N5O5. The van der Waals surface area contributed by atoms with Crippen molar-refractivity contribution in [2.24, 2.45) is 5.92 Å². The van der Waals surface area contributed by atoms with Gasteiger partial charge < -0.3 is 29.5 Å². The molecule has 2 N–H and O–H groups in total. The average Bonchev–Trinajstić information content (AvgIpc) is 3.53. The van der Waals surface area contributed by atoms with Gasteiger partial charge in [-0.2, -0.15) is 18.2 Å². The zero-order valence-corrected chi connectivity index (χ0v) is 18.8. The third-order valence-electron chi connectivity index (χ3n) is 6.14. The van der Waals surface area contributed by atoms with E-state index in [2.05, 4.69) is 20.0 Å². The van der Waals surface area contributed by atoms with Gasteiger partial charge in [0.1, 0.15) is 0 Å². The highest BCUT2D eigenvalue weighted by atomic mass is 19.4. The Hall–Kier alpha value is -3.19. The maximum atomic E-state index is 13.0. The molecule has 1 unspecified atom stereocenters. The van der Waals surface area contributed by atoms with Gasteiger partial charge in [-0.15, -0.1) is 0 Å². The molecule has 10 nitrogen and oxygen atoms in total. The molecule has 0 spiro atoms. The van der Waals surface area contributed by atoms with Gasteiger partial charge in [-0.25, -0.2) is 4.79 Å². The van der Waals surface area contributed by atoms with Crippen LogP contribution >= 0.6 is 0 Å². The Labute approximate surface area is 199 Å². The van der Waals surface area contributed by atoms with E-state index in [9.17, 15) is 22.8 Å². The molecule has 0 aliphatic carbocycles. The number of ether oxygens (including phenoxy) is 1. The quantitative estimate of drug-likeness (QED) is 0.626. The van der Waals surface area contributed by atoms with E-state index in [-0.39, 0.29) is 48.8 Å². The fraction of sp³-hybridized carbons (Fsp3) is 0.545. The highest BCUT2D eigenvalue weighted by Crippen LogP contribution is 2.29. The van der Waals surface area contributed by atoms with Gasteiger partial charge in [0.2, 0.25) is 5.82 Å². The van der Waals surface area contributed by atoms with Gasteiger partial charge in [0.25, 0.3) is 5.91 Å². The molecule has 3 amide bonds. The van der Waals surface area contributed by atoms with Crippen LogP contribution in [0.15, 0.2) is 28.8 Å². The Morgan fingerprint density at radius 2 is 1.97 bits per heavy atom. The summed E-state index contributed by atoms with van der Waals surface area (Å²) in [4.78, 5) is 32.5. The number of alkyl halides is 3. The number of carbonyl (C=O) groups is 2. The van der Waals surface area contributed by atoms with Crippen LogP contribution in [0.2, 0.25) is 0 Å². The summed E-state index contributed by atoms with van der Waals surface area (Å²) >= 11 is 0. The number of benzene rings is 1. The third-order valence-corrected chi connectivity index (χ3v) is 6.14. The molecule has 0 bridgehead atoms. The van der Waals surface area contributed by atoms with Crippen LogP contribution < -0.4 is 5.32 Å². The first kappa shape index (κ1) is 24.9. The van der Waals surface area contributed by atoms with E-state index in [0.717, 1.165) is 6.42 Å². The molecule has 2 aromatic rings. The van der Waals surface area contributed by atoms with E-state index in [0.29, 0.717) is 38.6 Å². The summed E-state index contributed by atoms with van der Waals surface area (Å²) in [5, 5.41) is 15.3. The smallest absolute Gasteiger partial charge is 0.396 e. The van der Waals surface area contributed by atoms with Gasteiger partial charge in [-0.3, -0.25) is 4.79 Å². The van der Waals surface area contributed by atoms with Crippen LogP contribution in [-0.4, -0.2) is 89.0 Å². The van der Waals surface area contributed by atoms with Crippen molar-refractivity contribution in [3.05, 3.63) is 35.7 Å². The average molecular weight is 497 g/mol. The number of hydrogen-bond acceptors (Lipinski definition) is 7. The van der Waals surface area contributed by atoms with Crippen LogP contribution in [0.4, 0.5) is 18.0 Å². The first-order valence-corrected chi connectivity index (χ1v) is 11.3. The summed E-state index contributed by atoms with van der Waals surface area (Å²) in [6.07, 6.45) is -3.21. The molecule has 2 fully saturated rings. The molecule has 13 heteroatoms. The van der Waals surface area contributed by atoms with Crippen LogP contribution in [0.25, 0.3) is 11.4 Å². The summed E-state index contributed by atoms with van der Waals surface area (Å²) in [5.41, 5.74) is 0.553. The Balaban J connectivity index is 1.33. The molecule has 0 radical (unpaired) electrons. The fourth-order valence-electron chi connectivity index (χ4n) is 4.22. The van der Waals surface area contributed by atoms with Crippen molar-refractivity contribution in [3.63, 3.8) is 0 Å². The second-order valence-corrected chi connectivity index (χ2v) is 8.53. The highest BCUT2D eigenvalue weighted by Gasteiger charge is 2.38. The van der Waals surface area contributed by atoms with Crippen LogP contribution in [-0.2, 0) is 10.9 Å². The molecule has 2 aliphatic rings. The maximum Gasteiger partial charge on any atom is 0.471 e. The van der Waals surface area contributed by atoms with Crippen molar-refractivity contribution in [3.8, 4) is 11.4 Å². The number of halogens is 3. The van der Waals surface area contributed by atoms with Crippen molar-refractivity contribution in [2.45, 2.75) is 25.1 Å². The zero-order chi connectivity index (χ0) is 25.0. The molecule has 1 aromatic heterocycles. The largest absolute Gasteiger partial charge is 0.471 e. The maximum absolute atomic E-state index is 13.0. The van der Waals surface area contributed by atoms with Crippen molar-refractivity contribution in [1.29, 1.82) is 0 Å². The topological polar surface area (TPSA) is 121 Å². The SMILES string of the molecule is O=C(NC[C@H]1COCCN1C(=O)N1CCC(CCO)C1)c1ccc(-c2noc(C(F)(F)F)n2)cc1. The molecule has 4 rings (SSSR count). The van der Waals surface area contributed by atoms with E-state index >= 15 is 0 Å². The minimum absolute atomic E-state index is 0.101. The second kappa shape index (κ2) is 10.6. The number of nitrogens with one attached hydrogen (secondary N) is 1. The van der Waals surface area contributed by atoms with E-state index in [1.165, 1.54) is 24.3 Å². The number of aliphatic hydroxyl groups excluding tert-OH is 1. The molecule has 1 aromatic carbocycles. The number of rotatable bonds is 6. The minimum Gasteiger partial charge on any atom is -0.396 e. The van der Waals surface area contributed by atoms with Gasteiger partial charge in [-0.1, -0.05) is 17.3 Å². The van der Waals surface area contributed by atoms with Gasteiger partial charge >= 0.3 is 18.1 Å². The lowest BCUT2D eigenvalue weighted by molar-refractivity contribution is -0.159. The van der Waals surface area contributed by atoms with Gasteiger partial charge in [0.05, 0.1) is 19.3 Å². The zero-order valence-electron chi connectivity index (χ0n) is 18.8. The number of amides is 3. The van der Waals surface area contributed by atoms with E-state index in [4.69, 9.17) is 9.84 Å². The number of aliphatic hydroxyl groups is 1. The first-order chi connectivity index (χ1) is 16.8. The molecule has 3 heterocycles. The normalized spacial score (nSPS) is 20.8. The lowest BCUT2D eigenvalue weighted by Gasteiger charge is -2.38. The molecule has 2 saturated heterocycles. The van der Waals surface area contributed by atoms with Crippen LogP contribution in [0.5, 0.6) is 0 Å². The summed E-state index contributed by atoms with van der Waals surface area (Å²) in [5.74, 6) is -1.79. The number of urea groups is 1. The number of hydrogen-bond donors (Lipinski definition) is 2. The van der Waals surface area contributed by atoms with E-state index in [1.54, 1.807) is 9.80 Å². The Kier molecular flexibility index (Phi) is 7.55. The third kappa shape index (κ3) is 5.90. The van der Waals surface area contributed by atoms with Crippen LogP contribution in [0, 0.1) is 5.92 Å². The van der Waals surface area contributed by atoms with Crippen LogP contribution in [0.1, 0.15) is 29.1 Å². The first-order valence-electron chi connectivity index (χ1n) is 11.3. The number of morpholine rings is 1. The van der Waals surface area contributed by atoms with Gasteiger partial charge in [0, 0.05) is 43.9 Å². The molecule has 0 saturated carbocycles. The summed E-state index contributed by atoms with van der Waals surface area (Å²) < 4.78 is 47.7. The lowest BCUT2D eigenvalue weighted by Crippen LogP contribution is -2.56. The molecule has 2 aliphatic heterocycles. The minimum atomic E-state index is -4.74. The van der Waals surface area contributed by atoms with Crippen LogP contribution in [0.3, 0.4) is 0 Å². The molecular weight excluding hydrogens is 471 g/mol. The molecule has 190 valence electrons. The second-order valence-electron chi connectivity index (χ2n) is 8.53. The lowest BCUT2D eigenvalue weighted by atomic mass is 10.1. The predicted molar refractivity (Wildman–Crippen MR) is 115 cm³/mol. The molecule has 35 heavy (non-hydrogen) atoms. The Bertz CT molecular complexity index is 1030.